The van der Waals surface area contributed by atoms with Crippen LogP contribution in [0.4, 0.5) is 11.6 Å². The summed E-state index contributed by atoms with van der Waals surface area (Å²) in [6.45, 7) is 1.99. The molecular formula is C16H14ClN3O. The van der Waals surface area contributed by atoms with E-state index in [4.69, 9.17) is 16.3 Å². The Kier molecular flexibility index (Phi) is 3.88. The molecule has 0 aliphatic heterocycles. The predicted molar refractivity (Wildman–Crippen MR) is 85.3 cm³/mol. The molecule has 0 saturated heterocycles. The molecule has 0 aliphatic carbocycles. The van der Waals surface area contributed by atoms with Crippen molar-refractivity contribution in [1.82, 2.24) is 9.97 Å². The van der Waals surface area contributed by atoms with Crippen molar-refractivity contribution in [1.29, 1.82) is 0 Å². The summed E-state index contributed by atoms with van der Waals surface area (Å²) in [5.41, 5.74) is 2.89. The third-order valence-corrected chi connectivity index (χ3v) is 3.26. The molecule has 0 aliphatic rings. The monoisotopic (exact) mass is 299 g/mol. The molecule has 1 aromatic heterocycles. The Labute approximate surface area is 127 Å². The lowest BCUT2D eigenvalue weighted by Crippen LogP contribution is -1.99. The average molecular weight is 300 g/mol. The van der Waals surface area contributed by atoms with Crippen LogP contribution in [0.5, 0.6) is 5.75 Å². The summed E-state index contributed by atoms with van der Waals surface area (Å²) in [5.74, 6) is 1.32. The number of fused-ring (bicyclic) bond motifs is 1. The third kappa shape index (κ3) is 3.06. The molecule has 0 saturated carbocycles. The molecule has 0 unspecified atom stereocenters. The molecule has 0 spiro atoms. The van der Waals surface area contributed by atoms with Crippen molar-refractivity contribution in [2.24, 2.45) is 0 Å². The Morgan fingerprint density at radius 2 is 2.05 bits per heavy atom. The van der Waals surface area contributed by atoms with Crippen LogP contribution in [0.2, 0.25) is 0 Å². The molecular weight excluding hydrogens is 286 g/mol. The van der Waals surface area contributed by atoms with Gasteiger partial charge in [-0.05, 0) is 36.8 Å². The molecule has 0 radical (unpaired) electrons. The first-order valence-electron chi connectivity index (χ1n) is 6.54. The van der Waals surface area contributed by atoms with Gasteiger partial charge in [-0.25, -0.2) is 9.97 Å². The Hall–Kier alpha value is -2.33. The first-order chi connectivity index (χ1) is 10.3. The van der Waals surface area contributed by atoms with E-state index in [1.807, 2.05) is 55.6 Å². The molecule has 21 heavy (non-hydrogen) atoms. The number of aromatic nitrogens is 2. The highest BCUT2D eigenvalue weighted by Crippen LogP contribution is 2.24. The average Bonchev–Trinajstić information content (AvgIpc) is 2.50. The highest BCUT2D eigenvalue weighted by Gasteiger charge is 2.04. The number of para-hydroxylation sites is 1. The maximum Gasteiger partial charge on any atom is 0.227 e. The molecule has 0 bridgehead atoms. The molecule has 0 atom stereocenters. The van der Waals surface area contributed by atoms with Crippen molar-refractivity contribution >= 4 is 34.1 Å². The molecule has 3 rings (SSSR count). The first kappa shape index (κ1) is 13.6. The summed E-state index contributed by atoms with van der Waals surface area (Å²) in [6, 6.07) is 13.7. The first-order valence-corrected chi connectivity index (χ1v) is 7.08. The summed E-state index contributed by atoms with van der Waals surface area (Å²) in [7, 11) is 0. The van der Waals surface area contributed by atoms with Gasteiger partial charge < -0.3 is 10.1 Å². The number of alkyl halides is 1. The van der Waals surface area contributed by atoms with E-state index in [2.05, 4.69) is 15.3 Å². The van der Waals surface area contributed by atoms with E-state index in [-0.39, 0.29) is 6.07 Å². The normalized spacial score (nSPS) is 10.6. The second-order valence-electron chi connectivity index (χ2n) is 4.61. The number of nitrogens with one attached hydrogen (secondary N) is 1. The second kappa shape index (κ2) is 5.97. The maximum absolute atomic E-state index is 5.56. The zero-order valence-corrected chi connectivity index (χ0v) is 12.3. The number of rotatable bonds is 4. The number of aryl methyl sites for hydroxylation is 1. The third-order valence-electron chi connectivity index (χ3n) is 3.15. The number of anilines is 2. The maximum atomic E-state index is 5.56. The highest BCUT2D eigenvalue weighted by atomic mass is 35.5. The lowest BCUT2D eigenvalue weighted by Gasteiger charge is -2.10. The molecule has 1 N–H and O–H groups in total. The van der Waals surface area contributed by atoms with Crippen molar-refractivity contribution in [3.8, 4) is 5.75 Å². The van der Waals surface area contributed by atoms with E-state index in [1.54, 1.807) is 0 Å². The van der Waals surface area contributed by atoms with Gasteiger partial charge in [-0.2, -0.15) is 0 Å². The van der Waals surface area contributed by atoms with Crippen molar-refractivity contribution in [3.05, 3.63) is 54.2 Å². The molecule has 106 valence electrons. The molecule has 3 aromatic rings. The van der Waals surface area contributed by atoms with Crippen LogP contribution >= 0.6 is 11.6 Å². The van der Waals surface area contributed by atoms with Crippen molar-refractivity contribution in [3.63, 3.8) is 0 Å². The van der Waals surface area contributed by atoms with Crippen molar-refractivity contribution in [2.45, 2.75) is 6.92 Å². The minimum absolute atomic E-state index is 0.139. The summed E-state index contributed by atoms with van der Waals surface area (Å²) >= 11 is 5.56. The van der Waals surface area contributed by atoms with Gasteiger partial charge in [0.1, 0.15) is 5.75 Å². The van der Waals surface area contributed by atoms with Crippen LogP contribution in [0.1, 0.15) is 5.56 Å². The summed E-state index contributed by atoms with van der Waals surface area (Å²) in [6.07, 6.45) is 1.81. The van der Waals surface area contributed by atoms with Crippen LogP contribution in [-0.4, -0.2) is 16.0 Å². The molecule has 2 aromatic carbocycles. The van der Waals surface area contributed by atoms with Gasteiger partial charge >= 0.3 is 0 Å². The number of halogens is 1. The van der Waals surface area contributed by atoms with Crippen LogP contribution in [-0.2, 0) is 0 Å². The zero-order valence-electron chi connectivity index (χ0n) is 11.5. The predicted octanol–water partition coefficient (Wildman–Crippen LogP) is 4.26. The van der Waals surface area contributed by atoms with Gasteiger partial charge in [-0.15, -0.1) is 0 Å². The lowest BCUT2D eigenvalue weighted by molar-refractivity contribution is 0.388. The van der Waals surface area contributed by atoms with Gasteiger partial charge in [0.15, 0.2) is 6.07 Å². The highest BCUT2D eigenvalue weighted by molar-refractivity contribution is 6.17. The topological polar surface area (TPSA) is 47.0 Å². The standard InChI is InChI=1S/C16H14ClN3O/c1-11-8-13(21-10-17)6-7-14(11)19-16-18-9-12-4-2-3-5-15(12)20-16/h2-9H,10H2,1H3,(H,18,19,20). The van der Waals surface area contributed by atoms with Gasteiger partial charge in [0.2, 0.25) is 5.95 Å². The summed E-state index contributed by atoms with van der Waals surface area (Å²) < 4.78 is 5.26. The van der Waals surface area contributed by atoms with E-state index in [9.17, 15) is 0 Å². The van der Waals surface area contributed by atoms with E-state index >= 15 is 0 Å². The Morgan fingerprint density at radius 1 is 1.19 bits per heavy atom. The lowest BCUT2D eigenvalue weighted by atomic mass is 10.2. The number of ether oxygens (including phenoxy) is 1. The van der Waals surface area contributed by atoms with E-state index < -0.39 is 0 Å². The second-order valence-corrected chi connectivity index (χ2v) is 4.83. The SMILES string of the molecule is Cc1cc(OCCl)ccc1Nc1ncc2ccccc2n1. The Balaban J connectivity index is 1.87. The Morgan fingerprint density at radius 3 is 2.86 bits per heavy atom. The van der Waals surface area contributed by atoms with Crippen molar-refractivity contribution < 1.29 is 4.74 Å². The minimum atomic E-state index is 0.139. The molecule has 0 amide bonds. The molecule has 5 heteroatoms. The zero-order chi connectivity index (χ0) is 14.7. The van der Waals surface area contributed by atoms with Crippen LogP contribution in [0.15, 0.2) is 48.7 Å². The fourth-order valence-corrected chi connectivity index (χ4v) is 2.21. The molecule has 4 nitrogen and oxygen atoms in total. The van der Waals surface area contributed by atoms with Gasteiger partial charge in [-0.3, -0.25) is 0 Å². The smallest absolute Gasteiger partial charge is 0.227 e. The van der Waals surface area contributed by atoms with Gasteiger partial charge in [0.05, 0.1) is 5.52 Å². The van der Waals surface area contributed by atoms with Gasteiger partial charge in [0, 0.05) is 17.3 Å². The number of benzene rings is 2. The van der Waals surface area contributed by atoms with Gasteiger partial charge in [0.25, 0.3) is 0 Å². The number of hydrogen-bond donors (Lipinski definition) is 1. The quantitative estimate of drug-likeness (QED) is 0.731. The number of hydrogen-bond acceptors (Lipinski definition) is 4. The van der Waals surface area contributed by atoms with Crippen LogP contribution < -0.4 is 10.1 Å². The van der Waals surface area contributed by atoms with Gasteiger partial charge in [-0.1, -0.05) is 29.8 Å². The number of nitrogens with zero attached hydrogens (tertiary/aromatic N) is 2. The summed E-state index contributed by atoms with van der Waals surface area (Å²) in [5, 5.41) is 4.24. The van der Waals surface area contributed by atoms with Crippen LogP contribution in [0.25, 0.3) is 10.9 Å². The van der Waals surface area contributed by atoms with Crippen LogP contribution in [0, 0.1) is 6.92 Å². The Bertz CT molecular complexity index is 776. The van der Waals surface area contributed by atoms with Crippen molar-refractivity contribution in [2.75, 3.05) is 11.4 Å². The van der Waals surface area contributed by atoms with Crippen LogP contribution in [0.3, 0.4) is 0 Å². The van der Waals surface area contributed by atoms with E-state index in [0.29, 0.717) is 5.95 Å². The fraction of sp³-hybridized carbons (Fsp3) is 0.125. The van der Waals surface area contributed by atoms with E-state index in [0.717, 1.165) is 27.9 Å². The molecule has 1 heterocycles. The molecule has 0 fully saturated rings. The fourth-order valence-electron chi connectivity index (χ4n) is 2.08. The largest absolute Gasteiger partial charge is 0.478 e. The summed E-state index contributed by atoms with van der Waals surface area (Å²) in [4.78, 5) is 8.82. The minimum Gasteiger partial charge on any atom is -0.478 e. The van der Waals surface area contributed by atoms with E-state index in [1.165, 1.54) is 0 Å².